The summed E-state index contributed by atoms with van der Waals surface area (Å²) in [5, 5.41) is 0. The molecule has 0 aromatic rings. The van der Waals surface area contributed by atoms with Crippen molar-refractivity contribution < 1.29 is 0 Å². The molecule has 2 aliphatic heterocycles. The van der Waals surface area contributed by atoms with E-state index in [2.05, 4.69) is 65.2 Å². The Hall–Kier alpha value is -0.0800. The lowest BCUT2D eigenvalue weighted by Crippen LogP contribution is -2.38. The molecule has 0 aromatic carbocycles. The van der Waals surface area contributed by atoms with Crippen LogP contribution in [0.15, 0.2) is 0 Å². The molecule has 0 aromatic heterocycles. The molecule has 0 unspecified atom stereocenters. The van der Waals surface area contributed by atoms with Crippen molar-refractivity contribution in [2.75, 3.05) is 26.2 Å². The minimum atomic E-state index is 0.455. The van der Waals surface area contributed by atoms with E-state index < -0.39 is 0 Å². The summed E-state index contributed by atoms with van der Waals surface area (Å²) in [7, 11) is 0. The van der Waals surface area contributed by atoms with Crippen molar-refractivity contribution in [1.82, 2.24) is 9.80 Å². The minimum absolute atomic E-state index is 0.455. The van der Waals surface area contributed by atoms with Crippen molar-refractivity contribution in [1.29, 1.82) is 0 Å². The average Bonchev–Trinajstić information content (AvgIpc) is 3.02. The predicted octanol–water partition coefficient (Wildman–Crippen LogP) is 5.28. The van der Waals surface area contributed by atoms with E-state index in [9.17, 15) is 0 Å². The third-order valence-corrected chi connectivity index (χ3v) is 7.56. The highest BCUT2D eigenvalue weighted by Crippen LogP contribution is 2.42. The van der Waals surface area contributed by atoms with Gasteiger partial charge in [-0.1, -0.05) is 41.5 Å². The smallest absolute Gasteiger partial charge is 0.0101 e. The molecule has 0 spiro atoms. The molecular weight excluding hydrogens is 292 g/mol. The monoisotopic (exact) mass is 336 g/mol. The van der Waals surface area contributed by atoms with Gasteiger partial charge in [-0.3, -0.25) is 0 Å². The Bertz CT molecular complexity index is 395. The van der Waals surface area contributed by atoms with E-state index in [1.54, 1.807) is 0 Å². The second kappa shape index (κ2) is 7.66. The van der Waals surface area contributed by atoms with Gasteiger partial charge in [-0.15, -0.1) is 0 Å². The van der Waals surface area contributed by atoms with Crippen LogP contribution in [0.3, 0.4) is 0 Å². The Morgan fingerprint density at radius 1 is 0.833 bits per heavy atom. The molecule has 0 saturated carbocycles. The lowest BCUT2D eigenvalue weighted by Gasteiger charge is -2.37. The summed E-state index contributed by atoms with van der Waals surface area (Å²) < 4.78 is 0. The zero-order valence-electron chi connectivity index (χ0n) is 17.9. The largest absolute Gasteiger partial charge is 0.301 e. The van der Waals surface area contributed by atoms with Crippen LogP contribution in [0.25, 0.3) is 0 Å². The Kier molecular flexibility index (Phi) is 6.46. The topological polar surface area (TPSA) is 6.48 Å². The highest BCUT2D eigenvalue weighted by molar-refractivity contribution is 4.93. The highest BCUT2D eigenvalue weighted by Gasteiger charge is 2.40. The quantitative estimate of drug-likeness (QED) is 0.651. The number of likely N-dealkylation sites (tertiary alicyclic amines) is 2. The summed E-state index contributed by atoms with van der Waals surface area (Å²) in [6.07, 6.45) is 5.53. The maximum atomic E-state index is 2.77. The third kappa shape index (κ3) is 4.36. The van der Waals surface area contributed by atoms with Crippen LogP contribution < -0.4 is 0 Å². The van der Waals surface area contributed by atoms with E-state index in [1.807, 2.05) is 0 Å². The van der Waals surface area contributed by atoms with E-state index in [0.29, 0.717) is 10.8 Å². The Labute approximate surface area is 152 Å². The lowest BCUT2D eigenvalue weighted by atomic mass is 9.72. The molecule has 0 bridgehead atoms. The van der Waals surface area contributed by atoms with Gasteiger partial charge in [0.1, 0.15) is 0 Å². The van der Waals surface area contributed by atoms with Crippen molar-refractivity contribution in [2.45, 2.75) is 93.2 Å². The maximum absolute atomic E-state index is 2.77. The molecule has 142 valence electrons. The number of nitrogens with zero attached hydrogens (tertiary/aromatic N) is 2. The molecule has 2 aliphatic rings. The van der Waals surface area contributed by atoms with E-state index in [-0.39, 0.29) is 0 Å². The minimum Gasteiger partial charge on any atom is -0.301 e. The molecule has 2 rings (SSSR count). The van der Waals surface area contributed by atoms with Crippen molar-refractivity contribution in [3.63, 3.8) is 0 Å². The average molecular weight is 337 g/mol. The van der Waals surface area contributed by atoms with Crippen molar-refractivity contribution >= 4 is 0 Å². The molecule has 2 heteroatoms. The van der Waals surface area contributed by atoms with Crippen LogP contribution >= 0.6 is 0 Å². The van der Waals surface area contributed by atoms with Gasteiger partial charge in [-0.2, -0.15) is 0 Å². The fourth-order valence-corrected chi connectivity index (χ4v) is 5.89. The van der Waals surface area contributed by atoms with Crippen LogP contribution in [0.2, 0.25) is 0 Å². The summed E-state index contributed by atoms with van der Waals surface area (Å²) in [6, 6.07) is 1.52. The zero-order valence-corrected chi connectivity index (χ0v) is 17.9. The van der Waals surface area contributed by atoms with Gasteiger partial charge < -0.3 is 9.80 Å². The summed E-state index contributed by atoms with van der Waals surface area (Å²) in [6.45, 7) is 24.7. The second-order valence-corrected chi connectivity index (χ2v) is 10.4. The van der Waals surface area contributed by atoms with E-state index >= 15 is 0 Å². The summed E-state index contributed by atoms with van der Waals surface area (Å²) in [5.41, 5.74) is 0.937. The normalized spacial score (nSPS) is 33.5. The Balaban J connectivity index is 1.81. The molecule has 2 fully saturated rings. The van der Waals surface area contributed by atoms with Crippen LogP contribution in [0.4, 0.5) is 0 Å². The molecule has 2 nitrogen and oxygen atoms in total. The van der Waals surface area contributed by atoms with Crippen LogP contribution in [0.5, 0.6) is 0 Å². The van der Waals surface area contributed by atoms with Gasteiger partial charge in [0, 0.05) is 12.1 Å². The van der Waals surface area contributed by atoms with Crippen LogP contribution in [-0.2, 0) is 0 Å². The maximum Gasteiger partial charge on any atom is 0.0101 e. The molecule has 0 aliphatic carbocycles. The molecule has 0 amide bonds. The molecule has 0 N–H and O–H groups in total. The highest BCUT2D eigenvalue weighted by atomic mass is 15.2. The van der Waals surface area contributed by atoms with E-state index in [0.717, 1.165) is 23.9 Å². The van der Waals surface area contributed by atoms with Gasteiger partial charge in [-0.25, -0.2) is 0 Å². The Morgan fingerprint density at radius 3 is 1.88 bits per heavy atom. The van der Waals surface area contributed by atoms with Gasteiger partial charge in [-0.05, 0) is 88.4 Å². The summed E-state index contributed by atoms with van der Waals surface area (Å²) in [5.74, 6) is 1.73. The lowest BCUT2D eigenvalue weighted by molar-refractivity contribution is 0.125. The SMILES string of the molecule is CCN1CC[C@@H](C(C)(C)CCCN2CC[C@@H](C(C)(C)C)[C@H]2C)[C@@H]1C. The molecule has 24 heavy (non-hydrogen) atoms. The standard InChI is InChI=1S/C22H44N2/c1-9-23-15-12-20(18(23)3)22(7,8)13-10-14-24-16-11-19(17(24)2)21(4,5)6/h17-20H,9-16H2,1-8H3/t17-,18+,19-,20-/m1/s1. The van der Waals surface area contributed by atoms with Gasteiger partial charge >= 0.3 is 0 Å². The first-order chi connectivity index (χ1) is 11.1. The fourth-order valence-electron chi connectivity index (χ4n) is 5.89. The van der Waals surface area contributed by atoms with Crippen LogP contribution in [-0.4, -0.2) is 48.1 Å². The molecule has 4 atom stereocenters. The van der Waals surface area contributed by atoms with Gasteiger partial charge in [0.15, 0.2) is 0 Å². The first-order valence-corrected chi connectivity index (χ1v) is 10.6. The van der Waals surface area contributed by atoms with E-state index in [1.165, 1.54) is 51.9 Å². The van der Waals surface area contributed by atoms with Gasteiger partial charge in [0.2, 0.25) is 0 Å². The van der Waals surface area contributed by atoms with Crippen molar-refractivity contribution in [2.24, 2.45) is 22.7 Å². The predicted molar refractivity (Wildman–Crippen MR) is 106 cm³/mol. The zero-order chi connectivity index (χ0) is 18.1. The summed E-state index contributed by atoms with van der Waals surface area (Å²) in [4.78, 5) is 5.44. The first kappa shape index (κ1) is 20.2. The van der Waals surface area contributed by atoms with Gasteiger partial charge in [0.25, 0.3) is 0 Å². The van der Waals surface area contributed by atoms with Gasteiger partial charge in [0.05, 0.1) is 0 Å². The molecule has 2 heterocycles. The first-order valence-electron chi connectivity index (χ1n) is 10.6. The van der Waals surface area contributed by atoms with Crippen molar-refractivity contribution in [3.05, 3.63) is 0 Å². The Morgan fingerprint density at radius 2 is 1.38 bits per heavy atom. The molecular formula is C22H44N2. The second-order valence-electron chi connectivity index (χ2n) is 10.4. The summed E-state index contributed by atoms with van der Waals surface area (Å²) >= 11 is 0. The van der Waals surface area contributed by atoms with Crippen LogP contribution in [0, 0.1) is 22.7 Å². The molecule has 0 radical (unpaired) electrons. The molecule has 2 saturated heterocycles. The third-order valence-electron chi connectivity index (χ3n) is 7.56. The van der Waals surface area contributed by atoms with E-state index in [4.69, 9.17) is 0 Å². The van der Waals surface area contributed by atoms with Crippen LogP contribution in [0.1, 0.15) is 81.1 Å². The number of hydrogen-bond donors (Lipinski definition) is 0. The fraction of sp³-hybridized carbons (Fsp3) is 1.00. The van der Waals surface area contributed by atoms with Crippen molar-refractivity contribution in [3.8, 4) is 0 Å². The number of rotatable bonds is 6. The number of hydrogen-bond acceptors (Lipinski definition) is 2.